The highest BCUT2D eigenvalue weighted by Gasteiger charge is 2.16. The van der Waals surface area contributed by atoms with Crippen LogP contribution in [0.15, 0.2) is 24.3 Å². The molecular weight excluding hydrogens is 196 g/mol. The van der Waals surface area contributed by atoms with Crippen LogP contribution in [0.2, 0.25) is 0 Å². The predicted molar refractivity (Wildman–Crippen MR) is 54.5 cm³/mol. The minimum absolute atomic E-state index is 0.115. The van der Waals surface area contributed by atoms with E-state index in [9.17, 15) is 10.1 Å². The summed E-state index contributed by atoms with van der Waals surface area (Å²) in [6.45, 7) is 2.31. The second kappa shape index (κ2) is 4.37. The number of nitro groups is 1. The first-order valence-electron chi connectivity index (χ1n) is 4.81. The zero-order valence-corrected chi connectivity index (χ0v) is 8.18. The Hall–Kier alpha value is -1.46. The van der Waals surface area contributed by atoms with E-state index in [-0.39, 0.29) is 5.69 Å². The van der Waals surface area contributed by atoms with Gasteiger partial charge in [0, 0.05) is 25.2 Å². The molecule has 0 aliphatic carbocycles. The van der Waals surface area contributed by atoms with Gasteiger partial charge in [0.1, 0.15) is 0 Å². The molecule has 1 aliphatic heterocycles. The predicted octanol–water partition coefficient (Wildman–Crippen LogP) is 1.08. The second-order valence-corrected chi connectivity index (χ2v) is 3.51. The van der Waals surface area contributed by atoms with E-state index in [1.54, 1.807) is 12.1 Å². The van der Waals surface area contributed by atoms with E-state index in [0.29, 0.717) is 12.7 Å². The highest BCUT2D eigenvalue weighted by Crippen LogP contribution is 2.13. The van der Waals surface area contributed by atoms with Crippen LogP contribution in [0, 0.1) is 10.1 Å². The summed E-state index contributed by atoms with van der Waals surface area (Å²) in [4.78, 5) is 10.00. The van der Waals surface area contributed by atoms with Gasteiger partial charge in [-0.3, -0.25) is 10.1 Å². The molecule has 80 valence electrons. The molecule has 0 bridgehead atoms. The van der Waals surface area contributed by atoms with E-state index in [0.717, 1.165) is 18.7 Å². The highest BCUT2D eigenvalue weighted by atomic mass is 16.6. The molecule has 1 aliphatic rings. The average molecular weight is 208 g/mol. The molecule has 0 spiro atoms. The first-order valence-corrected chi connectivity index (χ1v) is 4.81. The molecule has 1 aromatic carbocycles. The molecule has 5 nitrogen and oxygen atoms in total. The highest BCUT2D eigenvalue weighted by molar-refractivity contribution is 5.32. The topological polar surface area (TPSA) is 64.4 Å². The van der Waals surface area contributed by atoms with E-state index in [2.05, 4.69) is 5.32 Å². The number of nitro benzene ring substituents is 1. The van der Waals surface area contributed by atoms with Crippen molar-refractivity contribution in [1.82, 2.24) is 5.32 Å². The number of ether oxygens (including phenoxy) is 1. The quantitative estimate of drug-likeness (QED) is 0.594. The van der Waals surface area contributed by atoms with E-state index in [4.69, 9.17) is 4.74 Å². The standard InChI is InChI=1S/C10H12N2O3/c13-12(14)9-3-1-8(2-4-9)7-15-10-5-11-6-10/h1-4,10-11H,5-7H2. The van der Waals surface area contributed by atoms with Gasteiger partial charge in [-0.2, -0.15) is 0 Å². The summed E-state index contributed by atoms with van der Waals surface area (Å²) in [5.41, 5.74) is 1.08. The molecule has 1 fully saturated rings. The molecule has 15 heavy (non-hydrogen) atoms. The number of nitrogens with one attached hydrogen (secondary N) is 1. The van der Waals surface area contributed by atoms with E-state index in [1.165, 1.54) is 12.1 Å². The second-order valence-electron chi connectivity index (χ2n) is 3.51. The van der Waals surface area contributed by atoms with E-state index >= 15 is 0 Å². The van der Waals surface area contributed by atoms with Gasteiger partial charge in [-0.15, -0.1) is 0 Å². The van der Waals surface area contributed by atoms with E-state index in [1.807, 2.05) is 0 Å². The normalized spacial score (nSPS) is 16.0. The van der Waals surface area contributed by atoms with Gasteiger partial charge in [-0.25, -0.2) is 0 Å². The Bertz CT molecular complexity index is 346. The summed E-state index contributed by atoms with van der Waals surface area (Å²) >= 11 is 0. The molecule has 1 saturated heterocycles. The molecule has 5 heteroatoms. The van der Waals surface area contributed by atoms with Gasteiger partial charge >= 0.3 is 0 Å². The largest absolute Gasteiger partial charge is 0.371 e. The van der Waals surface area contributed by atoms with Gasteiger partial charge in [-0.05, 0) is 17.7 Å². The SMILES string of the molecule is O=[N+]([O-])c1ccc(COC2CNC2)cc1. The van der Waals surface area contributed by atoms with Gasteiger partial charge in [0.25, 0.3) is 5.69 Å². The fourth-order valence-corrected chi connectivity index (χ4v) is 1.31. The minimum atomic E-state index is -0.402. The van der Waals surface area contributed by atoms with Crippen molar-refractivity contribution < 1.29 is 9.66 Å². The Labute approximate surface area is 87.2 Å². The molecule has 0 atom stereocenters. The van der Waals surface area contributed by atoms with Crippen LogP contribution in [0.5, 0.6) is 0 Å². The summed E-state index contributed by atoms with van der Waals surface area (Å²) in [6, 6.07) is 6.45. The third-order valence-corrected chi connectivity index (χ3v) is 2.38. The summed E-state index contributed by atoms with van der Waals surface area (Å²) in [6.07, 6.45) is 0.292. The van der Waals surface area contributed by atoms with Gasteiger partial charge < -0.3 is 10.1 Å². The number of hydrogen-bond donors (Lipinski definition) is 1. The fraction of sp³-hybridized carbons (Fsp3) is 0.400. The van der Waals surface area contributed by atoms with Crippen LogP contribution < -0.4 is 5.32 Å². The summed E-state index contributed by atoms with van der Waals surface area (Å²) in [5, 5.41) is 13.5. The lowest BCUT2D eigenvalue weighted by Crippen LogP contribution is -2.48. The summed E-state index contributed by atoms with van der Waals surface area (Å²) in [7, 11) is 0. The molecule has 0 unspecified atom stereocenters. The third kappa shape index (κ3) is 2.51. The maximum Gasteiger partial charge on any atom is 0.269 e. The Balaban J connectivity index is 1.88. The van der Waals surface area contributed by atoms with Crippen LogP contribution >= 0.6 is 0 Å². The van der Waals surface area contributed by atoms with Gasteiger partial charge in [0.15, 0.2) is 0 Å². The number of non-ortho nitro benzene ring substituents is 1. The van der Waals surface area contributed by atoms with Crippen molar-refractivity contribution in [3.8, 4) is 0 Å². The Kier molecular flexibility index (Phi) is 2.94. The molecule has 1 heterocycles. The Morgan fingerprint density at radius 1 is 1.40 bits per heavy atom. The first-order chi connectivity index (χ1) is 7.25. The maximum atomic E-state index is 10.4. The van der Waals surface area contributed by atoms with Crippen molar-refractivity contribution in [2.24, 2.45) is 0 Å². The number of rotatable bonds is 4. The van der Waals surface area contributed by atoms with Crippen molar-refractivity contribution in [3.63, 3.8) is 0 Å². The van der Waals surface area contributed by atoms with Crippen molar-refractivity contribution in [1.29, 1.82) is 0 Å². The van der Waals surface area contributed by atoms with Crippen LogP contribution in [-0.2, 0) is 11.3 Å². The van der Waals surface area contributed by atoms with Crippen molar-refractivity contribution in [2.75, 3.05) is 13.1 Å². The zero-order valence-electron chi connectivity index (χ0n) is 8.18. The first kappa shape index (κ1) is 10.1. The fourth-order valence-electron chi connectivity index (χ4n) is 1.31. The smallest absolute Gasteiger partial charge is 0.269 e. The molecule has 0 saturated carbocycles. The average Bonchev–Trinajstić information content (AvgIpc) is 2.16. The van der Waals surface area contributed by atoms with Crippen LogP contribution in [-0.4, -0.2) is 24.1 Å². The van der Waals surface area contributed by atoms with Crippen LogP contribution in [0.25, 0.3) is 0 Å². The molecule has 0 radical (unpaired) electrons. The molecule has 0 aromatic heterocycles. The van der Waals surface area contributed by atoms with Crippen molar-refractivity contribution >= 4 is 5.69 Å². The number of nitrogens with zero attached hydrogens (tertiary/aromatic N) is 1. The van der Waals surface area contributed by atoms with Gasteiger partial charge in [-0.1, -0.05) is 0 Å². The molecule has 0 amide bonds. The van der Waals surface area contributed by atoms with Gasteiger partial charge in [0.05, 0.1) is 17.6 Å². The molecular formula is C10H12N2O3. The lowest BCUT2D eigenvalue weighted by Gasteiger charge is -2.27. The van der Waals surface area contributed by atoms with Crippen molar-refractivity contribution in [2.45, 2.75) is 12.7 Å². The molecule has 1 N–H and O–H groups in total. The Morgan fingerprint density at radius 2 is 2.07 bits per heavy atom. The number of benzene rings is 1. The van der Waals surface area contributed by atoms with Crippen LogP contribution in [0.3, 0.4) is 0 Å². The monoisotopic (exact) mass is 208 g/mol. The number of hydrogen-bond acceptors (Lipinski definition) is 4. The van der Waals surface area contributed by atoms with E-state index < -0.39 is 4.92 Å². The van der Waals surface area contributed by atoms with Crippen LogP contribution in [0.4, 0.5) is 5.69 Å². The Morgan fingerprint density at radius 3 is 2.53 bits per heavy atom. The lowest BCUT2D eigenvalue weighted by atomic mass is 10.2. The molecule has 2 rings (SSSR count). The zero-order chi connectivity index (χ0) is 10.7. The summed E-state index contributed by atoms with van der Waals surface area (Å²) < 4.78 is 5.53. The van der Waals surface area contributed by atoms with Crippen molar-refractivity contribution in [3.05, 3.63) is 39.9 Å². The van der Waals surface area contributed by atoms with Gasteiger partial charge in [0.2, 0.25) is 0 Å². The minimum Gasteiger partial charge on any atom is -0.371 e. The summed E-state index contributed by atoms with van der Waals surface area (Å²) in [5.74, 6) is 0. The maximum absolute atomic E-state index is 10.4. The third-order valence-electron chi connectivity index (χ3n) is 2.38. The lowest BCUT2D eigenvalue weighted by molar-refractivity contribution is -0.384. The molecule has 1 aromatic rings. The van der Waals surface area contributed by atoms with Crippen LogP contribution in [0.1, 0.15) is 5.56 Å².